The molecule has 0 aliphatic carbocycles. The zero-order valence-corrected chi connectivity index (χ0v) is 11.6. The summed E-state index contributed by atoms with van der Waals surface area (Å²) in [5, 5.41) is 2.92. The van der Waals surface area contributed by atoms with Crippen molar-refractivity contribution >= 4 is 22.4 Å². The lowest BCUT2D eigenvalue weighted by Gasteiger charge is -2.03. The van der Waals surface area contributed by atoms with E-state index < -0.39 is 11.7 Å². The molecule has 102 valence electrons. The monoisotopic (exact) mass is 289 g/mol. The molecule has 0 aliphatic rings. The smallest absolute Gasteiger partial charge is 0.260 e. The molecule has 0 radical (unpaired) electrons. The van der Waals surface area contributed by atoms with Crippen LogP contribution in [0.5, 0.6) is 0 Å². The third kappa shape index (κ3) is 3.41. The molecule has 0 saturated heterocycles. The van der Waals surface area contributed by atoms with E-state index in [0.717, 1.165) is 5.56 Å². The van der Waals surface area contributed by atoms with Gasteiger partial charge in [-0.15, -0.1) is 0 Å². The van der Waals surface area contributed by atoms with Gasteiger partial charge in [0.15, 0.2) is 5.13 Å². The first-order chi connectivity index (χ1) is 9.60. The standard InChI is InChI=1S/C14H12FN3OS/c1-9-4-5-11(12(15)7-9)13(19)18-14-17-8-10(20-14)3-2-6-16/h4-5,7-8H,6,16H2,1H3,(H,17,18,19). The van der Waals surface area contributed by atoms with Crippen molar-refractivity contribution < 1.29 is 9.18 Å². The third-order valence-corrected chi connectivity index (χ3v) is 3.24. The number of thiazole rings is 1. The topological polar surface area (TPSA) is 68.0 Å². The largest absolute Gasteiger partial charge is 0.320 e. The molecule has 0 saturated carbocycles. The maximum Gasteiger partial charge on any atom is 0.260 e. The minimum absolute atomic E-state index is 0.0135. The molecule has 1 amide bonds. The molecular weight excluding hydrogens is 277 g/mol. The van der Waals surface area contributed by atoms with Crippen LogP contribution in [0.2, 0.25) is 0 Å². The molecule has 4 nitrogen and oxygen atoms in total. The number of carbonyl (C=O) groups excluding carboxylic acids is 1. The van der Waals surface area contributed by atoms with E-state index >= 15 is 0 Å². The maximum absolute atomic E-state index is 13.7. The molecule has 6 heteroatoms. The van der Waals surface area contributed by atoms with Crippen LogP contribution in [0.25, 0.3) is 0 Å². The number of carbonyl (C=O) groups is 1. The summed E-state index contributed by atoms with van der Waals surface area (Å²) in [5.41, 5.74) is 6.01. The molecule has 0 spiro atoms. The summed E-state index contributed by atoms with van der Waals surface area (Å²) in [4.78, 5) is 16.6. The highest BCUT2D eigenvalue weighted by Crippen LogP contribution is 2.19. The number of nitrogens with one attached hydrogen (secondary N) is 1. The van der Waals surface area contributed by atoms with Crippen LogP contribution < -0.4 is 11.1 Å². The van der Waals surface area contributed by atoms with E-state index in [2.05, 4.69) is 22.1 Å². The molecule has 2 rings (SSSR count). The Morgan fingerprint density at radius 3 is 3.05 bits per heavy atom. The van der Waals surface area contributed by atoms with E-state index in [4.69, 9.17) is 5.73 Å². The second-order valence-electron chi connectivity index (χ2n) is 3.97. The van der Waals surface area contributed by atoms with Crippen molar-refractivity contribution in [2.24, 2.45) is 5.73 Å². The second kappa shape index (κ2) is 6.28. The summed E-state index contributed by atoms with van der Waals surface area (Å²) in [6.45, 7) is 2.02. The van der Waals surface area contributed by atoms with Crippen molar-refractivity contribution in [2.75, 3.05) is 11.9 Å². The predicted molar refractivity (Wildman–Crippen MR) is 77.1 cm³/mol. The molecule has 20 heavy (non-hydrogen) atoms. The summed E-state index contributed by atoms with van der Waals surface area (Å²) in [7, 11) is 0. The first kappa shape index (κ1) is 14.2. The first-order valence-corrected chi connectivity index (χ1v) is 6.64. The number of aromatic nitrogens is 1. The number of anilines is 1. The van der Waals surface area contributed by atoms with Gasteiger partial charge >= 0.3 is 0 Å². The molecule has 0 fully saturated rings. The van der Waals surface area contributed by atoms with E-state index in [0.29, 0.717) is 10.0 Å². The van der Waals surface area contributed by atoms with Gasteiger partial charge in [-0.2, -0.15) is 0 Å². The number of rotatable bonds is 2. The van der Waals surface area contributed by atoms with Crippen LogP contribution in [0, 0.1) is 24.6 Å². The summed E-state index contributed by atoms with van der Waals surface area (Å²) < 4.78 is 13.7. The molecule has 1 aromatic heterocycles. The summed E-state index contributed by atoms with van der Waals surface area (Å²) >= 11 is 1.21. The van der Waals surface area contributed by atoms with Gasteiger partial charge < -0.3 is 5.73 Å². The zero-order valence-electron chi connectivity index (χ0n) is 10.7. The fraction of sp³-hybridized carbons (Fsp3) is 0.143. The SMILES string of the molecule is Cc1ccc(C(=O)Nc2ncc(C#CCN)s2)c(F)c1. The molecule has 3 N–H and O–H groups in total. The molecule has 0 unspecified atom stereocenters. The van der Waals surface area contributed by atoms with Crippen LogP contribution in [0.15, 0.2) is 24.4 Å². The quantitative estimate of drug-likeness (QED) is 0.832. The molecule has 1 heterocycles. The zero-order chi connectivity index (χ0) is 14.5. The minimum Gasteiger partial charge on any atom is -0.320 e. The lowest BCUT2D eigenvalue weighted by Crippen LogP contribution is -2.13. The van der Waals surface area contributed by atoms with Crippen molar-refractivity contribution in [3.05, 3.63) is 46.2 Å². The highest BCUT2D eigenvalue weighted by Gasteiger charge is 2.13. The van der Waals surface area contributed by atoms with Gasteiger partial charge in [0.05, 0.1) is 23.2 Å². The van der Waals surface area contributed by atoms with Gasteiger partial charge in [-0.25, -0.2) is 9.37 Å². The lowest BCUT2D eigenvalue weighted by molar-refractivity contribution is 0.102. The molecule has 2 aromatic rings. The number of hydrogen-bond donors (Lipinski definition) is 2. The summed E-state index contributed by atoms with van der Waals surface area (Å²) in [5.74, 6) is 4.42. The Hall–Kier alpha value is -2.23. The Balaban J connectivity index is 2.13. The second-order valence-corrected chi connectivity index (χ2v) is 5.00. The van der Waals surface area contributed by atoms with E-state index in [9.17, 15) is 9.18 Å². The van der Waals surface area contributed by atoms with Crippen LogP contribution >= 0.6 is 11.3 Å². The average Bonchev–Trinajstić information content (AvgIpc) is 2.83. The Bertz CT molecular complexity index is 700. The van der Waals surface area contributed by atoms with Crippen LogP contribution in [-0.2, 0) is 0 Å². The van der Waals surface area contributed by atoms with Crippen LogP contribution in [0.3, 0.4) is 0 Å². The van der Waals surface area contributed by atoms with Crippen molar-refractivity contribution in [3.8, 4) is 11.8 Å². The van der Waals surface area contributed by atoms with Crippen LogP contribution in [0.1, 0.15) is 20.8 Å². The fourth-order valence-corrected chi connectivity index (χ4v) is 2.18. The lowest BCUT2D eigenvalue weighted by atomic mass is 10.1. The maximum atomic E-state index is 13.7. The highest BCUT2D eigenvalue weighted by molar-refractivity contribution is 7.16. The molecule has 1 aromatic carbocycles. The number of hydrogen-bond acceptors (Lipinski definition) is 4. The van der Waals surface area contributed by atoms with E-state index in [1.807, 2.05) is 0 Å². The first-order valence-electron chi connectivity index (χ1n) is 5.82. The highest BCUT2D eigenvalue weighted by atomic mass is 32.1. The Morgan fingerprint density at radius 1 is 1.55 bits per heavy atom. The Labute approximate surface area is 119 Å². The van der Waals surface area contributed by atoms with Crippen LogP contribution in [-0.4, -0.2) is 17.4 Å². The molecule has 0 atom stereocenters. The number of benzene rings is 1. The predicted octanol–water partition coefficient (Wildman–Crippen LogP) is 2.15. The Morgan fingerprint density at radius 2 is 2.35 bits per heavy atom. The van der Waals surface area contributed by atoms with Crippen molar-refractivity contribution in [1.82, 2.24) is 4.98 Å². The number of nitrogens with zero attached hydrogens (tertiary/aromatic N) is 1. The van der Waals surface area contributed by atoms with Gasteiger partial charge in [0, 0.05) is 0 Å². The van der Waals surface area contributed by atoms with Gasteiger partial charge in [-0.3, -0.25) is 10.1 Å². The van der Waals surface area contributed by atoms with Gasteiger partial charge in [0.2, 0.25) is 0 Å². The molecular formula is C14H12FN3OS. The summed E-state index contributed by atoms with van der Waals surface area (Å²) in [6.07, 6.45) is 1.54. The van der Waals surface area contributed by atoms with E-state index in [1.54, 1.807) is 13.0 Å². The normalized spacial score (nSPS) is 9.75. The molecule has 0 bridgehead atoms. The van der Waals surface area contributed by atoms with Crippen LogP contribution in [0.4, 0.5) is 9.52 Å². The van der Waals surface area contributed by atoms with Gasteiger partial charge in [-0.05, 0) is 24.6 Å². The number of nitrogens with two attached hydrogens (primary N) is 1. The Kier molecular flexibility index (Phi) is 4.45. The van der Waals surface area contributed by atoms with Crippen molar-refractivity contribution in [2.45, 2.75) is 6.92 Å². The van der Waals surface area contributed by atoms with Gasteiger partial charge in [0.1, 0.15) is 5.82 Å². The van der Waals surface area contributed by atoms with Gasteiger partial charge in [-0.1, -0.05) is 29.2 Å². The number of halogens is 1. The van der Waals surface area contributed by atoms with E-state index in [1.165, 1.54) is 29.7 Å². The molecule has 0 aliphatic heterocycles. The number of amides is 1. The van der Waals surface area contributed by atoms with Crippen molar-refractivity contribution in [1.29, 1.82) is 0 Å². The van der Waals surface area contributed by atoms with Gasteiger partial charge in [0.25, 0.3) is 5.91 Å². The fourth-order valence-electron chi connectivity index (χ4n) is 1.50. The minimum atomic E-state index is -0.554. The van der Waals surface area contributed by atoms with Crippen molar-refractivity contribution in [3.63, 3.8) is 0 Å². The summed E-state index contributed by atoms with van der Waals surface area (Å²) in [6, 6.07) is 4.44. The average molecular weight is 289 g/mol. The third-order valence-electron chi connectivity index (χ3n) is 2.41. The van der Waals surface area contributed by atoms with E-state index in [-0.39, 0.29) is 12.1 Å². The number of aryl methyl sites for hydroxylation is 1.